The fourth-order valence-electron chi connectivity index (χ4n) is 2.80. The van der Waals surface area contributed by atoms with E-state index >= 15 is 0 Å². The van der Waals surface area contributed by atoms with Gasteiger partial charge < -0.3 is 5.32 Å². The molecule has 0 bridgehead atoms. The molecule has 0 aliphatic heterocycles. The highest BCUT2D eigenvalue weighted by Gasteiger charge is 2.30. The van der Waals surface area contributed by atoms with E-state index in [9.17, 15) is 0 Å². The number of benzene rings is 1. The van der Waals surface area contributed by atoms with E-state index in [1.807, 2.05) is 12.4 Å². The van der Waals surface area contributed by atoms with Crippen molar-refractivity contribution in [2.24, 2.45) is 0 Å². The Bertz CT molecular complexity index is 588. The lowest BCUT2D eigenvalue weighted by Gasteiger charge is -2.37. The van der Waals surface area contributed by atoms with Gasteiger partial charge in [0.1, 0.15) is 0 Å². The first-order chi connectivity index (χ1) is 9.74. The van der Waals surface area contributed by atoms with Crippen LogP contribution >= 0.6 is 15.9 Å². The Balaban J connectivity index is 1.52. The molecule has 0 saturated heterocycles. The van der Waals surface area contributed by atoms with E-state index in [-0.39, 0.29) is 0 Å². The quantitative estimate of drug-likeness (QED) is 0.909. The summed E-state index contributed by atoms with van der Waals surface area (Å²) in [5.41, 5.74) is 4.07. The van der Waals surface area contributed by atoms with Crippen molar-refractivity contribution in [1.29, 1.82) is 0 Å². The molecule has 0 unspecified atom stereocenters. The Morgan fingerprint density at radius 3 is 2.80 bits per heavy atom. The molecule has 1 saturated carbocycles. The van der Waals surface area contributed by atoms with E-state index in [1.165, 1.54) is 34.0 Å². The summed E-state index contributed by atoms with van der Waals surface area (Å²) in [6, 6.07) is 11.3. The summed E-state index contributed by atoms with van der Waals surface area (Å²) in [6.07, 6.45) is 6.26. The Labute approximate surface area is 128 Å². The van der Waals surface area contributed by atoms with Crippen molar-refractivity contribution in [1.82, 2.24) is 10.3 Å². The Kier molecular flexibility index (Phi) is 4.18. The first kappa shape index (κ1) is 13.8. The van der Waals surface area contributed by atoms with Crippen LogP contribution in [0.2, 0.25) is 0 Å². The summed E-state index contributed by atoms with van der Waals surface area (Å²) in [7, 11) is 0. The van der Waals surface area contributed by atoms with Gasteiger partial charge in [0, 0.05) is 29.5 Å². The van der Waals surface area contributed by atoms with Crippen molar-refractivity contribution in [3.8, 4) is 0 Å². The largest absolute Gasteiger partial charge is 0.310 e. The third-order valence-electron chi connectivity index (χ3n) is 4.20. The van der Waals surface area contributed by atoms with Gasteiger partial charge in [-0.3, -0.25) is 4.98 Å². The molecule has 1 heterocycles. The third kappa shape index (κ3) is 2.94. The lowest BCUT2D eigenvalue weighted by molar-refractivity contribution is 0.288. The summed E-state index contributed by atoms with van der Waals surface area (Å²) in [6.45, 7) is 3.07. The minimum atomic E-state index is 0.639. The van der Waals surface area contributed by atoms with Gasteiger partial charge in [-0.25, -0.2) is 0 Å². The summed E-state index contributed by atoms with van der Waals surface area (Å²) in [5, 5.41) is 3.65. The number of rotatable bonds is 4. The fraction of sp³-hybridized carbons (Fsp3) is 0.353. The van der Waals surface area contributed by atoms with Gasteiger partial charge in [-0.1, -0.05) is 34.1 Å². The zero-order valence-electron chi connectivity index (χ0n) is 11.6. The van der Waals surface area contributed by atoms with Crippen molar-refractivity contribution >= 4 is 15.9 Å². The smallest absolute Gasteiger partial charge is 0.0300 e. The van der Waals surface area contributed by atoms with Gasteiger partial charge in [0.2, 0.25) is 0 Å². The Hall–Kier alpha value is -1.19. The maximum absolute atomic E-state index is 4.13. The lowest BCUT2D eigenvalue weighted by atomic mass is 9.76. The van der Waals surface area contributed by atoms with Gasteiger partial charge in [-0.15, -0.1) is 0 Å². The topological polar surface area (TPSA) is 24.9 Å². The second-order valence-electron chi connectivity index (χ2n) is 5.57. The number of aromatic nitrogens is 1. The molecule has 2 aromatic rings. The van der Waals surface area contributed by atoms with Gasteiger partial charge in [0.25, 0.3) is 0 Å². The van der Waals surface area contributed by atoms with Crippen molar-refractivity contribution in [2.45, 2.75) is 38.3 Å². The maximum Gasteiger partial charge on any atom is 0.0300 e. The zero-order valence-corrected chi connectivity index (χ0v) is 13.2. The second kappa shape index (κ2) is 6.06. The normalized spacial score (nSPS) is 21.5. The lowest BCUT2D eigenvalue weighted by Crippen LogP contribution is -2.39. The van der Waals surface area contributed by atoms with Gasteiger partial charge in [-0.05, 0) is 54.5 Å². The molecule has 2 nitrogen and oxygen atoms in total. The standard InChI is InChI=1S/C17H19BrN2/c1-12-10-19-7-6-13(12)11-20-15-8-14(9-15)16-4-2-3-5-17(16)18/h2-7,10,14-15,20H,8-9,11H2,1H3. The highest BCUT2D eigenvalue weighted by Crippen LogP contribution is 2.40. The monoisotopic (exact) mass is 330 g/mol. The molecule has 0 radical (unpaired) electrons. The zero-order chi connectivity index (χ0) is 13.9. The first-order valence-electron chi connectivity index (χ1n) is 7.11. The molecule has 1 fully saturated rings. The Morgan fingerprint density at radius 1 is 1.25 bits per heavy atom. The number of hydrogen-bond donors (Lipinski definition) is 1. The third-order valence-corrected chi connectivity index (χ3v) is 4.92. The molecular weight excluding hydrogens is 312 g/mol. The fourth-order valence-corrected chi connectivity index (χ4v) is 3.41. The van der Waals surface area contributed by atoms with E-state index in [2.05, 4.69) is 63.5 Å². The van der Waals surface area contributed by atoms with Crippen LogP contribution in [0.4, 0.5) is 0 Å². The molecule has 1 N–H and O–H groups in total. The molecule has 1 aliphatic rings. The molecule has 1 aromatic heterocycles. The summed E-state index contributed by atoms with van der Waals surface area (Å²) >= 11 is 3.65. The van der Waals surface area contributed by atoms with Crippen molar-refractivity contribution < 1.29 is 0 Å². The van der Waals surface area contributed by atoms with Crippen LogP contribution in [0.1, 0.15) is 35.4 Å². The van der Waals surface area contributed by atoms with E-state index < -0.39 is 0 Å². The number of hydrogen-bond acceptors (Lipinski definition) is 2. The summed E-state index contributed by atoms with van der Waals surface area (Å²) in [5.74, 6) is 0.696. The minimum absolute atomic E-state index is 0.639. The molecule has 0 atom stereocenters. The molecule has 3 rings (SSSR count). The minimum Gasteiger partial charge on any atom is -0.310 e. The van der Waals surface area contributed by atoms with Crippen molar-refractivity contribution in [2.75, 3.05) is 0 Å². The number of aryl methyl sites for hydroxylation is 1. The van der Waals surface area contributed by atoms with E-state index in [1.54, 1.807) is 0 Å². The number of nitrogens with zero attached hydrogens (tertiary/aromatic N) is 1. The predicted octanol–water partition coefficient (Wildman–Crippen LogP) is 4.19. The number of pyridine rings is 1. The van der Waals surface area contributed by atoms with Gasteiger partial charge in [0.05, 0.1) is 0 Å². The van der Waals surface area contributed by atoms with Crippen LogP contribution in [0.5, 0.6) is 0 Å². The maximum atomic E-state index is 4.13. The predicted molar refractivity (Wildman–Crippen MR) is 85.7 cm³/mol. The van der Waals surface area contributed by atoms with Crippen LogP contribution in [0, 0.1) is 6.92 Å². The summed E-state index contributed by atoms with van der Waals surface area (Å²) < 4.78 is 1.24. The molecule has 104 valence electrons. The van der Waals surface area contributed by atoms with Gasteiger partial charge in [-0.2, -0.15) is 0 Å². The molecule has 1 aromatic carbocycles. The van der Waals surface area contributed by atoms with Gasteiger partial charge >= 0.3 is 0 Å². The van der Waals surface area contributed by atoms with E-state index in [0.29, 0.717) is 12.0 Å². The average molecular weight is 331 g/mol. The highest BCUT2D eigenvalue weighted by atomic mass is 79.9. The molecule has 0 amide bonds. The van der Waals surface area contributed by atoms with Crippen LogP contribution in [0.25, 0.3) is 0 Å². The van der Waals surface area contributed by atoms with Gasteiger partial charge in [0.15, 0.2) is 0 Å². The highest BCUT2D eigenvalue weighted by molar-refractivity contribution is 9.10. The van der Waals surface area contributed by atoms with E-state index in [4.69, 9.17) is 0 Å². The molecule has 0 spiro atoms. The first-order valence-corrected chi connectivity index (χ1v) is 7.90. The Morgan fingerprint density at radius 2 is 2.05 bits per heavy atom. The van der Waals surface area contributed by atoms with Crippen LogP contribution in [-0.2, 0) is 6.54 Å². The number of halogens is 1. The molecular formula is C17H19BrN2. The van der Waals surface area contributed by atoms with Crippen LogP contribution in [-0.4, -0.2) is 11.0 Å². The molecule has 20 heavy (non-hydrogen) atoms. The van der Waals surface area contributed by atoms with Crippen LogP contribution < -0.4 is 5.32 Å². The molecule has 3 heteroatoms. The second-order valence-corrected chi connectivity index (χ2v) is 6.42. The number of nitrogens with one attached hydrogen (secondary N) is 1. The van der Waals surface area contributed by atoms with Crippen LogP contribution in [0.3, 0.4) is 0 Å². The van der Waals surface area contributed by atoms with E-state index in [0.717, 1.165) is 6.54 Å². The average Bonchev–Trinajstić information content (AvgIpc) is 2.41. The molecule has 1 aliphatic carbocycles. The van der Waals surface area contributed by atoms with Crippen LogP contribution in [0.15, 0.2) is 47.2 Å². The van der Waals surface area contributed by atoms with Crippen molar-refractivity contribution in [3.63, 3.8) is 0 Å². The van der Waals surface area contributed by atoms with Crippen molar-refractivity contribution in [3.05, 3.63) is 63.9 Å². The summed E-state index contributed by atoms with van der Waals surface area (Å²) in [4.78, 5) is 4.13. The SMILES string of the molecule is Cc1cnccc1CNC1CC(c2ccccc2Br)C1.